The molecule has 106 valence electrons. The summed E-state index contributed by atoms with van der Waals surface area (Å²) in [5.74, 6) is 0.560. The third kappa shape index (κ3) is 4.16. The molecular formula is C13H22N4OS. The molecule has 1 aromatic heterocycles. The Kier molecular flexibility index (Phi) is 5.13. The molecule has 6 heteroatoms. The number of carbonyl (C=O) groups excluding carboxylic acids is 1. The first-order valence-electron chi connectivity index (χ1n) is 7.09. The molecule has 2 amide bonds. The Labute approximate surface area is 118 Å². The summed E-state index contributed by atoms with van der Waals surface area (Å²) in [5, 5.41) is 15.4. The lowest BCUT2D eigenvalue weighted by atomic mass is 9.86. The van der Waals surface area contributed by atoms with Gasteiger partial charge in [-0.2, -0.15) is 0 Å². The number of rotatable bonds is 4. The van der Waals surface area contributed by atoms with Crippen LogP contribution in [0, 0.1) is 5.92 Å². The summed E-state index contributed by atoms with van der Waals surface area (Å²) >= 11 is 1.45. The van der Waals surface area contributed by atoms with E-state index >= 15 is 0 Å². The van der Waals surface area contributed by atoms with Crippen molar-refractivity contribution in [3.05, 3.63) is 5.01 Å². The van der Waals surface area contributed by atoms with Crippen molar-refractivity contribution >= 4 is 22.5 Å². The average Bonchev–Trinajstić information content (AvgIpc) is 2.80. The minimum Gasteiger partial charge on any atom is -0.335 e. The van der Waals surface area contributed by atoms with Gasteiger partial charge in [0.05, 0.1) is 0 Å². The van der Waals surface area contributed by atoms with Crippen molar-refractivity contribution in [3.8, 4) is 0 Å². The van der Waals surface area contributed by atoms with Crippen LogP contribution in [0.25, 0.3) is 0 Å². The van der Waals surface area contributed by atoms with E-state index in [-0.39, 0.29) is 12.1 Å². The van der Waals surface area contributed by atoms with Crippen LogP contribution < -0.4 is 10.6 Å². The molecule has 19 heavy (non-hydrogen) atoms. The Hall–Kier alpha value is -1.17. The Morgan fingerprint density at radius 2 is 2.16 bits per heavy atom. The molecule has 2 N–H and O–H groups in total. The molecule has 1 aromatic rings. The maximum Gasteiger partial charge on any atom is 0.321 e. The van der Waals surface area contributed by atoms with Gasteiger partial charge in [0.2, 0.25) is 5.13 Å². The van der Waals surface area contributed by atoms with E-state index in [1.165, 1.54) is 30.6 Å². The molecule has 2 rings (SSSR count). The molecule has 5 nitrogen and oxygen atoms in total. The lowest BCUT2D eigenvalue weighted by Crippen LogP contribution is -2.43. The first-order valence-corrected chi connectivity index (χ1v) is 7.90. The van der Waals surface area contributed by atoms with Crippen molar-refractivity contribution in [1.29, 1.82) is 0 Å². The summed E-state index contributed by atoms with van der Waals surface area (Å²) in [6, 6.07) is 0.134. The first-order chi connectivity index (χ1) is 9.19. The Bertz CT molecular complexity index is 421. The fourth-order valence-electron chi connectivity index (χ4n) is 2.45. The van der Waals surface area contributed by atoms with Crippen LogP contribution >= 0.6 is 11.3 Å². The Morgan fingerprint density at radius 3 is 2.89 bits per heavy atom. The summed E-state index contributed by atoms with van der Waals surface area (Å²) < 4.78 is 0. The number of nitrogens with zero attached hydrogens (tertiary/aromatic N) is 2. The van der Waals surface area contributed by atoms with Gasteiger partial charge in [-0.25, -0.2) is 4.79 Å². The van der Waals surface area contributed by atoms with Crippen LogP contribution in [-0.2, 0) is 6.42 Å². The van der Waals surface area contributed by atoms with E-state index in [1.807, 2.05) is 0 Å². The number of aryl methyl sites for hydroxylation is 1. The van der Waals surface area contributed by atoms with Gasteiger partial charge in [-0.3, -0.25) is 5.32 Å². The van der Waals surface area contributed by atoms with Crippen molar-refractivity contribution in [2.45, 2.75) is 58.4 Å². The van der Waals surface area contributed by atoms with E-state index in [0.717, 1.165) is 24.3 Å². The van der Waals surface area contributed by atoms with Crippen LogP contribution in [0.1, 0.15) is 51.0 Å². The predicted octanol–water partition coefficient (Wildman–Crippen LogP) is 3.19. The highest BCUT2D eigenvalue weighted by Gasteiger charge is 2.23. The standard InChI is InChI=1S/C13H22N4OS/c1-3-6-11-16-17-13(19-11)15-12(18)14-10-8-5-4-7-9(10)2/h9-10H,3-8H2,1-2H3,(H2,14,15,17,18)/t9-,10+/m1/s1. The van der Waals surface area contributed by atoms with Gasteiger partial charge in [0.15, 0.2) is 0 Å². The molecular weight excluding hydrogens is 260 g/mol. The zero-order valence-electron chi connectivity index (χ0n) is 11.6. The third-order valence-electron chi connectivity index (χ3n) is 3.58. The van der Waals surface area contributed by atoms with Crippen LogP contribution in [0.2, 0.25) is 0 Å². The molecule has 0 saturated heterocycles. The molecule has 0 unspecified atom stereocenters. The summed E-state index contributed by atoms with van der Waals surface area (Å²) in [7, 11) is 0. The summed E-state index contributed by atoms with van der Waals surface area (Å²) in [4.78, 5) is 11.9. The highest BCUT2D eigenvalue weighted by atomic mass is 32.1. The summed E-state index contributed by atoms with van der Waals surface area (Å²) in [5.41, 5.74) is 0. The zero-order chi connectivity index (χ0) is 13.7. The van der Waals surface area contributed by atoms with Crippen molar-refractivity contribution in [1.82, 2.24) is 15.5 Å². The second kappa shape index (κ2) is 6.84. The van der Waals surface area contributed by atoms with E-state index in [4.69, 9.17) is 0 Å². The molecule has 0 aliphatic heterocycles. The van der Waals surface area contributed by atoms with Gasteiger partial charge >= 0.3 is 6.03 Å². The number of hydrogen-bond donors (Lipinski definition) is 2. The third-order valence-corrected chi connectivity index (χ3v) is 4.48. The fourth-order valence-corrected chi connectivity index (χ4v) is 3.29. The largest absolute Gasteiger partial charge is 0.335 e. The highest BCUT2D eigenvalue weighted by molar-refractivity contribution is 7.15. The van der Waals surface area contributed by atoms with Gasteiger partial charge in [0.25, 0.3) is 0 Å². The summed E-state index contributed by atoms with van der Waals surface area (Å²) in [6.07, 6.45) is 6.71. The first kappa shape index (κ1) is 14.2. The van der Waals surface area contributed by atoms with E-state index in [9.17, 15) is 4.79 Å². The molecule has 1 heterocycles. The van der Waals surface area contributed by atoms with Gasteiger partial charge in [-0.1, -0.05) is 38.0 Å². The highest BCUT2D eigenvalue weighted by Crippen LogP contribution is 2.24. The molecule has 0 spiro atoms. The number of amides is 2. The number of anilines is 1. The smallest absolute Gasteiger partial charge is 0.321 e. The molecule has 1 aliphatic rings. The van der Waals surface area contributed by atoms with E-state index in [2.05, 4.69) is 34.7 Å². The van der Waals surface area contributed by atoms with Gasteiger partial charge in [-0.15, -0.1) is 10.2 Å². The zero-order valence-corrected chi connectivity index (χ0v) is 12.4. The second-order valence-corrected chi connectivity index (χ2v) is 6.28. The fraction of sp³-hybridized carbons (Fsp3) is 0.769. The van der Waals surface area contributed by atoms with E-state index in [1.54, 1.807) is 0 Å². The Balaban J connectivity index is 1.82. The average molecular weight is 282 g/mol. The maximum atomic E-state index is 11.9. The van der Waals surface area contributed by atoms with Gasteiger partial charge in [0.1, 0.15) is 5.01 Å². The summed E-state index contributed by atoms with van der Waals surface area (Å²) in [6.45, 7) is 4.31. The van der Waals surface area contributed by atoms with Gasteiger partial charge < -0.3 is 5.32 Å². The molecule has 1 saturated carbocycles. The topological polar surface area (TPSA) is 66.9 Å². The maximum absolute atomic E-state index is 11.9. The molecule has 0 radical (unpaired) electrons. The van der Waals surface area contributed by atoms with Crippen molar-refractivity contribution < 1.29 is 4.79 Å². The van der Waals surface area contributed by atoms with Crippen LogP contribution in [-0.4, -0.2) is 22.3 Å². The SMILES string of the molecule is CCCc1nnc(NC(=O)N[C@H]2CCCC[C@H]2C)s1. The second-order valence-electron chi connectivity index (χ2n) is 5.22. The quantitative estimate of drug-likeness (QED) is 0.891. The van der Waals surface area contributed by atoms with E-state index in [0.29, 0.717) is 11.0 Å². The lowest BCUT2D eigenvalue weighted by Gasteiger charge is -2.29. The number of urea groups is 1. The number of nitrogens with one attached hydrogen (secondary N) is 2. The van der Waals surface area contributed by atoms with Crippen molar-refractivity contribution in [2.24, 2.45) is 5.92 Å². The monoisotopic (exact) mass is 282 g/mol. The molecule has 2 atom stereocenters. The predicted molar refractivity (Wildman–Crippen MR) is 77.5 cm³/mol. The van der Waals surface area contributed by atoms with Crippen LogP contribution in [0.4, 0.5) is 9.93 Å². The van der Waals surface area contributed by atoms with Crippen molar-refractivity contribution in [2.75, 3.05) is 5.32 Å². The number of aromatic nitrogens is 2. The minimum absolute atomic E-state index is 0.155. The van der Waals surface area contributed by atoms with Gasteiger partial charge in [-0.05, 0) is 25.2 Å². The van der Waals surface area contributed by atoms with E-state index < -0.39 is 0 Å². The van der Waals surface area contributed by atoms with Gasteiger partial charge in [0, 0.05) is 12.5 Å². The molecule has 0 aromatic carbocycles. The lowest BCUT2D eigenvalue weighted by molar-refractivity contribution is 0.232. The van der Waals surface area contributed by atoms with Crippen molar-refractivity contribution in [3.63, 3.8) is 0 Å². The Morgan fingerprint density at radius 1 is 1.37 bits per heavy atom. The van der Waals surface area contributed by atoms with Crippen LogP contribution in [0.3, 0.4) is 0 Å². The van der Waals surface area contributed by atoms with Crippen LogP contribution in [0.15, 0.2) is 0 Å². The number of carbonyl (C=O) groups is 1. The molecule has 1 aliphatic carbocycles. The van der Waals surface area contributed by atoms with Crippen LogP contribution in [0.5, 0.6) is 0 Å². The number of hydrogen-bond acceptors (Lipinski definition) is 4. The minimum atomic E-state index is -0.155. The molecule has 0 bridgehead atoms. The normalized spacial score (nSPS) is 23.1. The molecule has 1 fully saturated rings.